The number of hydrogen-bond acceptors (Lipinski definition) is 3. The molecule has 5 heteroatoms. The van der Waals surface area contributed by atoms with Gasteiger partial charge in [-0.3, -0.25) is 9.59 Å². The summed E-state index contributed by atoms with van der Waals surface area (Å²) in [4.78, 5) is 25.4. The number of hydrogen-bond donors (Lipinski definition) is 1. The molecule has 1 atom stereocenters. The summed E-state index contributed by atoms with van der Waals surface area (Å²) in [6.45, 7) is 4.84. The topological polar surface area (TPSA) is 49.4 Å². The smallest absolute Gasteiger partial charge is 0.251 e. The standard InChI is InChI=1S/C14H17ClN2O2/c1-9(2)8-16-12-7-13(18)17(14(12)19)11-5-3-10(15)4-6-11/h3-6,9,12,16H,7-8H2,1-2H3/t12-/m1/s1. The first-order chi connectivity index (χ1) is 8.99. The fraction of sp³-hybridized carbons (Fsp3) is 0.429. The van der Waals surface area contributed by atoms with E-state index in [9.17, 15) is 9.59 Å². The van der Waals surface area contributed by atoms with E-state index in [0.29, 0.717) is 16.6 Å². The fourth-order valence-corrected chi connectivity index (χ4v) is 2.16. The zero-order chi connectivity index (χ0) is 14.0. The highest BCUT2D eigenvalue weighted by molar-refractivity contribution is 6.30. The van der Waals surface area contributed by atoms with Gasteiger partial charge in [0.25, 0.3) is 5.91 Å². The average Bonchev–Trinajstić information content (AvgIpc) is 2.63. The third-order valence-corrected chi connectivity index (χ3v) is 3.26. The number of anilines is 1. The summed E-state index contributed by atoms with van der Waals surface area (Å²) in [6, 6.07) is 6.30. The molecule has 0 saturated carbocycles. The SMILES string of the molecule is CC(C)CN[C@@H]1CC(=O)N(c2ccc(Cl)cc2)C1=O. The lowest BCUT2D eigenvalue weighted by atomic mass is 10.2. The Kier molecular flexibility index (Phi) is 4.22. The maximum Gasteiger partial charge on any atom is 0.251 e. The Bertz CT molecular complexity index is 485. The lowest BCUT2D eigenvalue weighted by molar-refractivity contribution is -0.121. The van der Waals surface area contributed by atoms with Gasteiger partial charge in [0.15, 0.2) is 0 Å². The lowest BCUT2D eigenvalue weighted by Crippen LogP contribution is -2.40. The summed E-state index contributed by atoms with van der Waals surface area (Å²) in [5, 5.41) is 3.72. The predicted octanol–water partition coefficient (Wildman–Crippen LogP) is 2.22. The third-order valence-electron chi connectivity index (χ3n) is 3.00. The van der Waals surface area contributed by atoms with Gasteiger partial charge in [0.1, 0.15) is 0 Å². The van der Waals surface area contributed by atoms with Crippen LogP contribution in [0.3, 0.4) is 0 Å². The third kappa shape index (κ3) is 3.14. The number of halogens is 1. The van der Waals surface area contributed by atoms with Crippen molar-refractivity contribution < 1.29 is 9.59 Å². The Hall–Kier alpha value is -1.39. The van der Waals surface area contributed by atoms with E-state index >= 15 is 0 Å². The first kappa shape index (κ1) is 14.0. The van der Waals surface area contributed by atoms with Crippen molar-refractivity contribution in [1.29, 1.82) is 0 Å². The summed E-state index contributed by atoms with van der Waals surface area (Å²) in [6.07, 6.45) is 0.216. The van der Waals surface area contributed by atoms with Crippen molar-refractivity contribution >= 4 is 29.1 Å². The minimum atomic E-state index is -0.412. The molecule has 0 unspecified atom stereocenters. The first-order valence-corrected chi connectivity index (χ1v) is 6.72. The van der Waals surface area contributed by atoms with Gasteiger partial charge in [-0.05, 0) is 36.7 Å². The van der Waals surface area contributed by atoms with Crippen LogP contribution in [0, 0.1) is 5.92 Å². The van der Waals surface area contributed by atoms with Gasteiger partial charge in [-0.15, -0.1) is 0 Å². The Labute approximate surface area is 117 Å². The normalized spacial score (nSPS) is 19.6. The Balaban J connectivity index is 2.12. The van der Waals surface area contributed by atoms with Crippen LogP contribution in [-0.4, -0.2) is 24.4 Å². The van der Waals surface area contributed by atoms with E-state index in [4.69, 9.17) is 11.6 Å². The van der Waals surface area contributed by atoms with Gasteiger partial charge in [0.05, 0.1) is 18.2 Å². The van der Waals surface area contributed by atoms with Crippen LogP contribution < -0.4 is 10.2 Å². The number of carbonyl (C=O) groups excluding carboxylic acids is 2. The highest BCUT2D eigenvalue weighted by Crippen LogP contribution is 2.24. The molecule has 0 radical (unpaired) electrons. The van der Waals surface area contributed by atoms with Gasteiger partial charge in [0.2, 0.25) is 5.91 Å². The van der Waals surface area contributed by atoms with Crippen molar-refractivity contribution in [3.05, 3.63) is 29.3 Å². The number of carbonyl (C=O) groups is 2. The molecule has 1 aromatic carbocycles. The van der Waals surface area contributed by atoms with E-state index in [1.807, 2.05) is 0 Å². The molecule has 1 fully saturated rings. The average molecular weight is 281 g/mol. The number of nitrogens with zero attached hydrogens (tertiary/aromatic N) is 1. The van der Waals surface area contributed by atoms with Crippen molar-refractivity contribution in [3.8, 4) is 0 Å². The Morgan fingerprint density at radius 1 is 1.32 bits per heavy atom. The van der Waals surface area contributed by atoms with Crippen LogP contribution in [0.25, 0.3) is 0 Å². The van der Waals surface area contributed by atoms with Gasteiger partial charge < -0.3 is 5.32 Å². The second-order valence-electron chi connectivity index (χ2n) is 5.10. The summed E-state index contributed by atoms with van der Waals surface area (Å²) in [7, 11) is 0. The van der Waals surface area contributed by atoms with Gasteiger partial charge in [0, 0.05) is 5.02 Å². The first-order valence-electron chi connectivity index (χ1n) is 6.35. The highest BCUT2D eigenvalue weighted by atomic mass is 35.5. The van der Waals surface area contributed by atoms with Crippen LogP contribution in [0.15, 0.2) is 24.3 Å². The van der Waals surface area contributed by atoms with E-state index in [-0.39, 0.29) is 18.2 Å². The molecular weight excluding hydrogens is 264 g/mol. The van der Waals surface area contributed by atoms with E-state index in [2.05, 4.69) is 19.2 Å². The largest absolute Gasteiger partial charge is 0.305 e. The van der Waals surface area contributed by atoms with Crippen molar-refractivity contribution in [2.45, 2.75) is 26.3 Å². The van der Waals surface area contributed by atoms with Crippen molar-refractivity contribution in [2.24, 2.45) is 5.92 Å². The van der Waals surface area contributed by atoms with E-state index < -0.39 is 6.04 Å². The molecule has 2 rings (SSSR count). The molecule has 19 heavy (non-hydrogen) atoms. The van der Waals surface area contributed by atoms with Crippen LogP contribution >= 0.6 is 11.6 Å². The van der Waals surface area contributed by atoms with Crippen LogP contribution in [0.5, 0.6) is 0 Å². The molecule has 1 aliphatic rings. The molecule has 4 nitrogen and oxygen atoms in total. The molecule has 2 amide bonds. The zero-order valence-corrected chi connectivity index (χ0v) is 11.8. The second-order valence-corrected chi connectivity index (χ2v) is 5.54. The molecule has 1 saturated heterocycles. The number of benzene rings is 1. The number of nitrogens with one attached hydrogen (secondary N) is 1. The maximum absolute atomic E-state index is 12.2. The maximum atomic E-state index is 12.2. The van der Waals surface area contributed by atoms with Crippen LogP contribution in [-0.2, 0) is 9.59 Å². The fourth-order valence-electron chi connectivity index (χ4n) is 2.03. The highest BCUT2D eigenvalue weighted by Gasteiger charge is 2.39. The molecule has 0 aliphatic carbocycles. The molecule has 1 aliphatic heterocycles. The summed E-state index contributed by atoms with van der Waals surface area (Å²) in [5.74, 6) is 0.0778. The molecule has 1 N–H and O–H groups in total. The molecule has 0 spiro atoms. The van der Waals surface area contributed by atoms with Crippen LogP contribution in [0.4, 0.5) is 5.69 Å². The van der Waals surface area contributed by atoms with Crippen molar-refractivity contribution in [1.82, 2.24) is 5.32 Å². The molecule has 1 aromatic rings. The van der Waals surface area contributed by atoms with Crippen molar-refractivity contribution in [3.63, 3.8) is 0 Å². The number of rotatable bonds is 4. The molecule has 0 aromatic heterocycles. The van der Waals surface area contributed by atoms with Crippen molar-refractivity contribution in [2.75, 3.05) is 11.4 Å². The van der Waals surface area contributed by atoms with Gasteiger partial charge >= 0.3 is 0 Å². The minimum Gasteiger partial charge on any atom is -0.305 e. The summed E-state index contributed by atoms with van der Waals surface area (Å²) in [5.41, 5.74) is 0.577. The van der Waals surface area contributed by atoms with Gasteiger partial charge in [-0.1, -0.05) is 25.4 Å². The molecule has 0 bridgehead atoms. The van der Waals surface area contributed by atoms with Gasteiger partial charge in [-0.2, -0.15) is 0 Å². The summed E-state index contributed by atoms with van der Waals surface area (Å²) < 4.78 is 0. The zero-order valence-electron chi connectivity index (χ0n) is 11.0. The monoisotopic (exact) mass is 280 g/mol. The molecule has 102 valence electrons. The number of amides is 2. The predicted molar refractivity (Wildman–Crippen MR) is 75.2 cm³/mol. The van der Waals surface area contributed by atoms with Gasteiger partial charge in [-0.25, -0.2) is 4.90 Å². The Morgan fingerprint density at radius 2 is 1.95 bits per heavy atom. The lowest BCUT2D eigenvalue weighted by Gasteiger charge is -2.16. The van der Waals surface area contributed by atoms with Crippen LogP contribution in [0.1, 0.15) is 20.3 Å². The Morgan fingerprint density at radius 3 is 2.53 bits per heavy atom. The molecular formula is C14H17ClN2O2. The van der Waals surface area contributed by atoms with E-state index in [1.165, 1.54) is 4.90 Å². The molecule has 1 heterocycles. The quantitative estimate of drug-likeness (QED) is 0.861. The second kappa shape index (κ2) is 5.72. The van der Waals surface area contributed by atoms with Crippen LogP contribution in [0.2, 0.25) is 5.02 Å². The van der Waals surface area contributed by atoms with E-state index in [1.54, 1.807) is 24.3 Å². The van der Waals surface area contributed by atoms with E-state index in [0.717, 1.165) is 6.54 Å². The summed E-state index contributed by atoms with van der Waals surface area (Å²) >= 11 is 5.80. The number of imide groups is 1. The minimum absolute atomic E-state index is 0.173.